The van der Waals surface area contributed by atoms with Gasteiger partial charge in [0.1, 0.15) is 40.4 Å². The Hall–Kier alpha value is -7.40. The number of aryl methyl sites for hydroxylation is 2. The summed E-state index contributed by atoms with van der Waals surface area (Å²) in [4.78, 5) is 84.5. The fraction of sp³-hybridized carbons (Fsp3) is 0.312. The van der Waals surface area contributed by atoms with Crippen LogP contribution in [-0.4, -0.2) is 112 Å². The summed E-state index contributed by atoms with van der Waals surface area (Å²) >= 11 is 0. The number of nitrogens with zero attached hydrogens (tertiary/aromatic N) is 6. The average molecular weight is 880 g/mol. The third-order valence-corrected chi connectivity index (χ3v) is 13.1. The van der Waals surface area contributed by atoms with Gasteiger partial charge in [-0.2, -0.15) is 5.10 Å². The second kappa shape index (κ2) is 17.0. The van der Waals surface area contributed by atoms with Crippen LogP contribution in [0.15, 0.2) is 84.9 Å². The number of aromatic nitrogens is 2. The van der Waals surface area contributed by atoms with Gasteiger partial charge in [-0.05, 0) is 97.8 Å². The summed E-state index contributed by atoms with van der Waals surface area (Å²) in [5.41, 5.74) is 9.87. The zero-order chi connectivity index (χ0) is 44.9. The van der Waals surface area contributed by atoms with E-state index in [1.54, 1.807) is 4.68 Å². The largest absolute Gasteiger partial charge is 0.457 e. The van der Waals surface area contributed by atoms with Gasteiger partial charge in [-0.3, -0.25) is 43.9 Å². The number of hydrogen-bond donors (Lipinski definition) is 3. The van der Waals surface area contributed by atoms with E-state index in [-0.39, 0.29) is 41.1 Å². The smallest absolute Gasteiger partial charge is 0.262 e. The van der Waals surface area contributed by atoms with E-state index >= 15 is 4.39 Å². The highest BCUT2D eigenvalue weighted by molar-refractivity contribution is 6.23. The number of primary amides is 1. The Labute approximate surface area is 373 Å². The Morgan fingerprint density at radius 1 is 0.769 bits per heavy atom. The predicted molar refractivity (Wildman–Crippen MR) is 236 cm³/mol. The fourth-order valence-electron chi connectivity index (χ4n) is 9.65. The monoisotopic (exact) mass is 879 g/mol. The minimum absolute atomic E-state index is 0.00174. The van der Waals surface area contributed by atoms with Gasteiger partial charge < -0.3 is 25.6 Å². The predicted octanol–water partition coefficient (Wildman–Crippen LogP) is 4.96. The maximum atomic E-state index is 15.5. The summed E-state index contributed by atoms with van der Waals surface area (Å²) in [7, 11) is 0. The Morgan fingerprint density at radius 2 is 1.48 bits per heavy atom. The highest BCUT2D eigenvalue weighted by Gasteiger charge is 2.45. The summed E-state index contributed by atoms with van der Waals surface area (Å²) in [5.74, 6) is -1.69. The third-order valence-electron chi connectivity index (χ3n) is 13.1. The number of rotatable bonds is 9. The number of carbonyl (C=O) groups excluding carboxylic acids is 6. The first-order chi connectivity index (χ1) is 31.5. The van der Waals surface area contributed by atoms with Crippen molar-refractivity contribution in [3.05, 3.63) is 119 Å². The average Bonchev–Trinajstić information content (AvgIpc) is 3.71. The number of ether oxygens (including phenoxy) is 1. The Bertz CT molecular complexity index is 2760. The molecule has 65 heavy (non-hydrogen) atoms. The van der Waals surface area contributed by atoms with Crippen molar-refractivity contribution in [1.82, 2.24) is 29.8 Å². The number of halogens is 1. The number of nitrogens with two attached hydrogens (primary N) is 1. The number of benzene rings is 4. The van der Waals surface area contributed by atoms with E-state index in [4.69, 9.17) is 15.6 Å². The van der Waals surface area contributed by atoms with Crippen molar-refractivity contribution in [1.29, 1.82) is 0 Å². The van der Waals surface area contributed by atoms with E-state index in [1.165, 1.54) is 6.07 Å². The molecule has 3 fully saturated rings. The van der Waals surface area contributed by atoms with Crippen LogP contribution in [-0.2, 0) is 22.6 Å². The van der Waals surface area contributed by atoms with Crippen molar-refractivity contribution in [3.63, 3.8) is 0 Å². The molecule has 0 saturated carbocycles. The van der Waals surface area contributed by atoms with Crippen LogP contribution in [0, 0.1) is 11.7 Å². The molecule has 0 radical (unpaired) electrons. The van der Waals surface area contributed by atoms with Crippen LogP contribution in [0.2, 0.25) is 0 Å². The minimum Gasteiger partial charge on any atom is -0.457 e. The summed E-state index contributed by atoms with van der Waals surface area (Å²) in [6.45, 7) is 4.91. The lowest BCUT2D eigenvalue weighted by Gasteiger charge is -2.39. The van der Waals surface area contributed by atoms with E-state index in [0.29, 0.717) is 92.3 Å². The third kappa shape index (κ3) is 7.96. The summed E-state index contributed by atoms with van der Waals surface area (Å²) in [6.07, 6.45) is 2.31. The normalized spacial score (nSPS) is 19.0. The first kappa shape index (κ1) is 41.6. The molecule has 0 spiro atoms. The van der Waals surface area contributed by atoms with Gasteiger partial charge >= 0.3 is 0 Å². The SMILES string of the molecule is NC(=O)c1c(-c2ccc(Oc3ccccc3)cc2)nn2c1Nc1cc(C(=O)N3CCC(CN4CCN(c5cc6c(cc5F)C(=O)N(C5CCC(=O)NC5=O)C6=O)CC4)CC3)ccc1CC2. The van der Waals surface area contributed by atoms with Crippen molar-refractivity contribution in [2.24, 2.45) is 11.7 Å². The molecule has 17 heteroatoms. The van der Waals surface area contributed by atoms with Gasteiger partial charge in [0.15, 0.2) is 0 Å². The molecule has 10 rings (SSSR count). The molecule has 0 aliphatic carbocycles. The van der Waals surface area contributed by atoms with Gasteiger partial charge in [0, 0.05) is 75.6 Å². The van der Waals surface area contributed by atoms with Crippen LogP contribution in [0.4, 0.5) is 21.6 Å². The number of imide groups is 2. The van der Waals surface area contributed by atoms with Crippen LogP contribution < -0.4 is 26.0 Å². The summed E-state index contributed by atoms with van der Waals surface area (Å²) in [6, 6.07) is 23.8. The molecule has 1 unspecified atom stereocenters. The van der Waals surface area contributed by atoms with E-state index in [1.807, 2.05) is 82.6 Å². The molecule has 332 valence electrons. The number of piperidine rings is 2. The lowest BCUT2D eigenvalue weighted by atomic mass is 9.95. The number of nitrogens with one attached hydrogen (secondary N) is 2. The Morgan fingerprint density at radius 3 is 2.18 bits per heavy atom. The van der Waals surface area contributed by atoms with Crippen LogP contribution in [0.1, 0.15) is 72.7 Å². The Balaban J connectivity index is 0.743. The first-order valence-corrected chi connectivity index (χ1v) is 21.9. The van der Waals surface area contributed by atoms with Gasteiger partial charge in [0.05, 0.1) is 16.8 Å². The van der Waals surface area contributed by atoms with Gasteiger partial charge in [-0.15, -0.1) is 0 Å². The van der Waals surface area contributed by atoms with Crippen LogP contribution in [0.25, 0.3) is 11.3 Å². The maximum absolute atomic E-state index is 15.5. The highest BCUT2D eigenvalue weighted by Crippen LogP contribution is 2.37. The molecule has 1 atom stereocenters. The fourth-order valence-corrected chi connectivity index (χ4v) is 9.65. The molecule has 3 saturated heterocycles. The molecule has 6 heterocycles. The maximum Gasteiger partial charge on any atom is 0.262 e. The highest BCUT2D eigenvalue weighted by atomic mass is 19.1. The number of hydrogen-bond acceptors (Lipinski definition) is 11. The number of piperazine rings is 1. The summed E-state index contributed by atoms with van der Waals surface area (Å²) in [5, 5.41) is 10.4. The van der Waals surface area contributed by atoms with E-state index in [0.717, 1.165) is 41.6 Å². The molecule has 5 aromatic rings. The molecular formula is C48H46FN9O7. The van der Waals surface area contributed by atoms with Crippen molar-refractivity contribution in [2.75, 3.05) is 56.0 Å². The molecule has 5 aliphatic rings. The summed E-state index contributed by atoms with van der Waals surface area (Å²) < 4.78 is 23.2. The van der Waals surface area contributed by atoms with Gasteiger partial charge in [-0.1, -0.05) is 24.3 Å². The molecule has 4 N–H and O–H groups in total. The number of carbonyl (C=O) groups is 6. The number of likely N-dealkylation sites (tertiary alicyclic amines) is 1. The van der Waals surface area contributed by atoms with Gasteiger partial charge in [0.25, 0.3) is 23.6 Å². The molecule has 5 aliphatic heterocycles. The lowest BCUT2D eigenvalue weighted by molar-refractivity contribution is -0.136. The number of amides is 6. The standard InChI is InChI=1S/C48H46FN9O7/c49-36-25-34-35(48(64)58(47(34)63)38-12-13-40(59)52-45(38)61)26-39(36)55-22-20-54(21-23-55)27-28-14-17-56(18-15-28)46(62)31-7-6-29-16-19-57-44(51-37(29)24-31)41(43(50)60)42(53-57)30-8-10-33(11-9-30)65-32-4-2-1-3-5-32/h1-11,24-26,28,38,51H,12-23,27H2,(H2,50,60)(H,52,59,61). The quantitative estimate of drug-likeness (QED) is 0.170. The van der Waals surface area contributed by atoms with Crippen LogP contribution in [0.3, 0.4) is 0 Å². The van der Waals surface area contributed by atoms with Crippen molar-refractivity contribution in [2.45, 2.75) is 44.7 Å². The second-order valence-electron chi connectivity index (χ2n) is 17.2. The van der Waals surface area contributed by atoms with E-state index in [2.05, 4.69) is 15.5 Å². The molecule has 16 nitrogen and oxygen atoms in total. The number of para-hydroxylation sites is 1. The first-order valence-electron chi connectivity index (χ1n) is 21.9. The topological polar surface area (TPSA) is 193 Å². The van der Waals surface area contributed by atoms with Crippen LogP contribution >= 0.6 is 0 Å². The Kier molecular flexibility index (Phi) is 10.8. The lowest BCUT2D eigenvalue weighted by Crippen LogP contribution is -2.54. The zero-order valence-electron chi connectivity index (χ0n) is 35.4. The van der Waals surface area contributed by atoms with Gasteiger partial charge in [-0.25, -0.2) is 9.07 Å². The zero-order valence-corrected chi connectivity index (χ0v) is 35.4. The molecule has 1 aromatic heterocycles. The second-order valence-corrected chi connectivity index (χ2v) is 17.2. The van der Waals surface area contributed by atoms with Crippen LogP contribution in [0.5, 0.6) is 11.5 Å². The van der Waals surface area contributed by atoms with Gasteiger partial charge in [0.2, 0.25) is 11.8 Å². The van der Waals surface area contributed by atoms with E-state index in [9.17, 15) is 28.8 Å². The molecular weight excluding hydrogens is 834 g/mol. The molecule has 4 aromatic carbocycles. The molecule has 6 amide bonds. The minimum atomic E-state index is -1.12. The molecule has 0 bridgehead atoms. The van der Waals surface area contributed by atoms with Crippen molar-refractivity contribution in [3.8, 4) is 22.8 Å². The number of anilines is 3. The van der Waals surface area contributed by atoms with E-state index < -0.39 is 41.4 Å². The van der Waals surface area contributed by atoms with Crippen molar-refractivity contribution >= 4 is 52.6 Å². The number of fused-ring (bicyclic) bond motifs is 3. The van der Waals surface area contributed by atoms with Crippen molar-refractivity contribution < 1.29 is 37.9 Å².